The van der Waals surface area contributed by atoms with E-state index in [2.05, 4.69) is 0 Å². The molecule has 0 saturated carbocycles. The van der Waals surface area contributed by atoms with Crippen LogP contribution >= 0.6 is 0 Å². The zero-order valence-corrected chi connectivity index (χ0v) is 16.1. The molecule has 28 heavy (non-hydrogen) atoms. The molecule has 0 radical (unpaired) electrons. The molecule has 0 saturated heterocycles. The Kier molecular flexibility index (Phi) is 8.10. The van der Waals surface area contributed by atoms with Crippen molar-refractivity contribution in [2.75, 3.05) is 66.1 Å². The van der Waals surface area contributed by atoms with Crippen molar-refractivity contribution in [3.05, 3.63) is 34.2 Å². The van der Waals surface area contributed by atoms with Gasteiger partial charge in [0.15, 0.2) is 11.3 Å². The van der Waals surface area contributed by atoms with Gasteiger partial charge >= 0.3 is 5.63 Å². The number of hydrogen-bond donors (Lipinski definition) is 0. The minimum Gasteiger partial charge on any atom is -0.487 e. The monoisotopic (exact) mass is 394 g/mol. The van der Waals surface area contributed by atoms with Crippen LogP contribution in [-0.4, -0.2) is 66.1 Å². The van der Waals surface area contributed by atoms with Gasteiger partial charge in [-0.25, -0.2) is 4.79 Å². The summed E-state index contributed by atoms with van der Waals surface area (Å²) in [5, 5.41) is 0.798. The zero-order valence-electron chi connectivity index (χ0n) is 16.1. The summed E-state index contributed by atoms with van der Waals surface area (Å²) in [5.74, 6) is 0.883. The van der Waals surface area contributed by atoms with Crippen LogP contribution in [0.5, 0.6) is 11.5 Å². The highest BCUT2D eigenvalue weighted by Gasteiger charge is 2.15. The molecule has 0 bridgehead atoms. The molecule has 154 valence electrons. The van der Waals surface area contributed by atoms with E-state index in [-0.39, 0.29) is 6.61 Å². The average molecular weight is 394 g/mol. The third-order valence-corrected chi connectivity index (χ3v) is 4.11. The van der Waals surface area contributed by atoms with Crippen LogP contribution < -0.4 is 15.1 Å². The molecule has 1 aromatic heterocycles. The fraction of sp³-hybridized carbons (Fsp3) is 0.550. The molecule has 0 unspecified atom stereocenters. The molecule has 8 nitrogen and oxygen atoms in total. The van der Waals surface area contributed by atoms with Crippen molar-refractivity contribution < 1.29 is 32.8 Å². The molecule has 0 N–H and O–H groups in total. The van der Waals surface area contributed by atoms with Gasteiger partial charge in [0.25, 0.3) is 0 Å². The second-order valence-electron chi connectivity index (χ2n) is 6.16. The van der Waals surface area contributed by atoms with Crippen molar-refractivity contribution in [1.82, 2.24) is 0 Å². The maximum absolute atomic E-state index is 11.8. The molecular weight excluding hydrogens is 368 g/mol. The van der Waals surface area contributed by atoms with Crippen molar-refractivity contribution in [2.24, 2.45) is 0 Å². The number of hydrogen-bond acceptors (Lipinski definition) is 8. The number of rotatable bonds is 0. The summed E-state index contributed by atoms with van der Waals surface area (Å²) >= 11 is 0. The minimum atomic E-state index is -0.432. The third-order valence-electron chi connectivity index (χ3n) is 4.11. The van der Waals surface area contributed by atoms with Gasteiger partial charge in [0.1, 0.15) is 13.2 Å². The Labute approximate surface area is 163 Å². The summed E-state index contributed by atoms with van der Waals surface area (Å²) in [6.45, 7) is 6.19. The van der Waals surface area contributed by atoms with Crippen molar-refractivity contribution in [3.8, 4) is 11.5 Å². The summed E-state index contributed by atoms with van der Waals surface area (Å²) in [5.41, 5.74) is 0.751. The largest absolute Gasteiger partial charge is 0.487 e. The summed E-state index contributed by atoms with van der Waals surface area (Å²) in [7, 11) is 0. The lowest BCUT2D eigenvalue weighted by molar-refractivity contribution is -0.00838. The SMILES string of the molecule is Cc1cc(=O)oc2c3c(ccc12)OCCOCCOCCOCCOCCO3. The molecule has 1 aromatic carbocycles. The Morgan fingerprint density at radius 3 is 1.86 bits per heavy atom. The van der Waals surface area contributed by atoms with E-state index in [4.69, 9.17) is 32.8 Å². The summed E-state index contributed by atoms with van der Waals surface area (Å²) in [6.07, 6.45) is 0. The summed E-state index contributed by atoms with van der Waals surface area (Å²) in [4.78, 5) is 11.8. The Bertz CT molecular complexity index is 801. The zero-order chi connectivity index (χ0) is 19.6. The predicted molar refractivity (Wildman–Crippen MR) is 101 cm³/mol. The number of aryl methyl sites for hydroxylation is 1. The normalized spacial score (nSPS) is 18.3. The molecule has 0 atom stereocenters. The van der Waals surface area contributed by atoms with Crippen LogP contribution in [0.2, 0.25) is 0 Å². The molecule has 2 heterocycles. The van der Waals surface area contributed by atoms with E-state index in [1.54, 1.807) is 6.07 Å². The molecule has 0 fully saturated rings. The van der Waals surface area contributed by atoms with E-state index in [0.29, 0.717) is 76.5 Å². The van der Waals surface area contributed by atoms with E-state index >= 15 is 0 Å². The van der Waals surface area contributed by atoms with Crippen molar-refractivity contribution in [3.63, 3.8) is 0 Å². The first-order valence-electron chi connectivity index (χ1n) is 9.40. The average Bonchev–Trinajstić information content (AvgIpc) is 2.67. The van der Waals surface area contributed by atoms with Crippen LogP contribution in [0.4, 0.5) is 0 Å². The first kappa shape index (κ1) is 20.6. The second-order valence-corrected chi connectivity index (χ2v) is 6.16. The highest BCUT2D eigenvalue weighted by atomic mass is 16.6. The molecule has 2 aromatic rings. The maximum Gasteiger partial charge on any atom is 0.336 e. The van der Waals surface area contributed by atoms with Gasteiger partial charge in [-0.2, -0.15) is 0 Å². The van der Waals surface area contributed by atoms with Gasteiger partial charge in [-0.3, -0.25) is 0 Å². The highest BCUT2D eigenvalue weighted by Crippen LogP contribution is 2.36. The van der Waals surface area contributed by atoms with Gasteiger partial charge in [-0.15, -0.1) is 0 Å². The lowest BCUT2D eigenvalue weighted by atomic mass is 10.1. The Hall–Kier alpha value is -2.13. The van der Waals surface area contributed by atoms with Crippen molar-refractivity contribution >= 4 is 11.0 Å². The van der Waals surface area contributed by atoms with Crippen LogP contribution in [0, 0.1) is 6.92 Å². The quantitative estimate of drug-likeness (QED) is 0.627. The molecule has 0 aliphatic carbocycles. The molecule has 8 heteroatoms. The van der Waals surface area contributed by atoms with E-state index in [9.17, 15) is 4.79 Å². The number of ether oxygens (including phenoxy) is 6. The molecule has 1 aliphatic heterocycles. The van der Waals surface area contributed by atoms with Gasteiger partial charge in [0, 0.05) is 11.5 Å². The first-order chi connectivity index (χ1) is 13.8. The summed E-state index contributed by atoms with van der Waals surface area (Å²) < 4.78 is 38.9. The van der Waals surface area contributed by atoms with Crippen LogP contribution in [0.3, 0.4) is 0 Å². The van der Waals surface area contributed by atoms with E-state index in [0.717, 1.165) is 10.9 Å². The highest BCUT2D eigenvalue weighted by molar-refractivity contribution is 5.87. The molecular formula is C20H26O8. The smallest absolute Gasteiger partial charge is 0.336 e. The molecule has 1 aliphatic rings. The minimum absolute atomic E-state index is 0.284. The van der Waals surface area contributed by atoms with Crippen LogP contribution in [0.25, 0.3) is 11.0 Å². The fourth-order valence-corrected chi connectivity index (χ4v) is 2.77. The summed E-state index contributed by atoms with van der Waals surface area (Å²) in [6, 6.07) is 5.11. The van der Waals surface area contributed by atoms with Crippen LogP contribution in [0.1, 0.15) is 5.56 Å². The first-order valence-corrected chi connectivity index (χ1v) is 9.40. The number of fused-ring (bicyclic) bond motifs is 3. The lowest BCUT2D eigenvalue weighted by Gasteiger charge is -2.15. The van der Waals surface area contributed by atoms with Gasteiger partial charge in [0.05, 0.1) is 52.9 Å². The van der Waals surface area contributed by atoms with Gasteiger partial charge in [-0.05, 0) is 24.6 Å². The Balaban J connectivity index is 1.76. The van der Waals surface area contributed by atoms with E-state index in [1.807, 2.05) is 13.0 Å². The van der Waals surface area contributed by atoms with Crippen LogP contribution in [-0.2, 0) is 18.9 Å². The molecule has 0 amide bonds. The Morgan fingerprint density at radius 1 is 0.714 bits per heavy atom. The van der Waals surface area contributed by atoms with E-state index < -0.39 is 5.63 Å². The predicted octanol–water partition coefficient (Wildman–Crippen LogP) is 1.94. The molecule has 3 rings (SSSR count). The van der Waals surface area contributed by atoms with Crippen molar-refractivity contribution in [1.29, 1.82) is 0 Å². The topological polar surface area (TPSA) is 85.6 Å². The third kappa shape index (κ3) is 5.93. The Morgan fingerprint density at radius 2 is 1.25 bits per heavy atom. The van der Waals surface area contributed by atoms with Crippen LogP contribution in [0.15, 0.2) is 27.4 Å². The number of benzene rings is 1. The van der Waals surface area contributed by atoms with Gasteiger partial charge in [0.2, 0.25) is 5.75 Å². The van der Waals surface area contributed by atoms with E-state index in [1.165, 1.54) is 6.07 Å². The fourth-order valence-electron chi connectivity index (χ4n) is 2.77. The lowest BCUT2D eigenvalue weighted by Crippen LogP contribution is -2.16. The second kappa shape index (κ2) is 11.0. The standard InChI is InChI=1S/C20H26O8/c1-15-14-18(21)28-19-16(15)2-3-17-20(19)27-13-11-25-9-7-23-5-4-22-6-8-24-10-12-26-17/h2-3,14H,4-13H2,1H3. The molecule has 0 spiro atoms. The van der Waals surface area contributed by atoms with Crippen molar-refractivity contribution in [2.45, 2.75) is 6.92 Å². The maximum atomic E-state index is 11.8. The van der Waals surface area contributed by atoms with Gasteiger partial charge in [-0.1, -0.05) is 0 Å². The van der Waals surface area contributed by atoms with Gasteiger partial charge < -0.3 is 32.8 Å².